The summed E-state index contributed by atoms with van der Waals surface area (Å²) in [6.45, 7) is 0. The minimum absolute atomic E-state index is 0.00949. The van der Waals surface area contributed by atoms with Gasteiger partial charge in [0.05, 0.1) is 17.7 Å². The molecule has 0 spiro atoms. The van der Waals surface area contributed by atoms with Crippen LogP contribution in [0.3, 0.4) is 0 Å². The number of nitrogens with zero attached hydrogens (tertiary/aromatic N) is 4. The zero-order valence-electron chi connectivity index (χ0n) is 18.2. The number of aromatic nitrogens is 5. The van der Waals surface area contributed by atoms with Crippen molar-refractivity contribution < 1.29 is 27.5 Å². The third-order valence-corrected chi connectivity index (χ3v) is 7.36. The molecule has 3 saturated carbocycles. The van der Waals surface area contributed by atoms with E-state index in [1.54, 1.807) is 0 Å². The molecule has 2 atom stereocenters. The van der Waals surface area contributed by atoms with Gasteiger partial charge in [0.2, 0.25) is 0 Å². The van der Waals surface area contributed by atoms with Gasteiger partial charge in [0.25, 0.3) is 0 Å². The van der Waals surface area contributed by atoms with Crippen LogP contribution in [0, 0.1) is 23.6 Å². The number of anilines is 1. The molecular formula is C23H20F4N6O2. The molecule has 0 aliphatic heterocycles. The van der Waals surface area contributed by atoms with Crippen molar-refractivity contribution in [2.75, 3.05) is 5.32 Å². The monoisotopic (exact) mass is 488 g/mol. The number of H-pyrrole nitrogens is 1. The number of hydrogen-bond acceptors (Lipinski definition) is 5. The number of carboxylic acid groups (broad SMARTS) is 1. The Kier molecular flexibility index (Phi) is 4.77. The number of pyridine rings is 1. The van der Waals surface area contributed by atoms with E-state index in [9.17, 15) is 27.5 Å². The van der Waals surface area contributed by atoms with E-state index in [0.29, 0.717) is 16.6 Å². The molecule has 0 radical (unpaired) electrons. The zero-order valence-corrected chi connectivity index (χ0v) is 18.2. The van der Waals surface area contributed by atoms with Gasteiger partial charge < -0.3 is 15.4 Å². The van der Waals surface area contributed by atoms with E-state index in [0.717, 1.165) is 42.5 Å². The normalized spacial score (nSPS) is 24.3. The van der Waals surface area contributed by atoms with Crippen molar-refractivity contribution in [3.05, 3.63) is 42.1 Å². The van der Waals surface area contributed by atoms with Crippen LogP contribution < -0.4 is 5.32 Å². The fourth-order valence-corrected chi connectivity index (χ4v) is 5.80. The fourth-order valence-electron chi connectivity index (χ4n) is 5.80. The van der Waals surface area contributed by atoms with Gasteiger partial charge in [0.1, 0.15) is 17.0 Å². The predicted molar refractivity (Wildman–Crippen MR) is 117 cm³/mol. The Hall–Kier alpha value is -3.70. The van der Waals surface area contributed by atoms with Crippen molar-refractivity contribution in [3.8, 4) is 11.4 Å². The quantitative estimate of drug-likeness (QED) is 0.359. The molecule has 8 nitrogen and oxygen atoms in total. The van der Waals surface area contributed by atoms with Crippen LogP contribution in [-0.2, 0) is 11.0 Å². The maximum atomic E-state index is 13.9. The Morgan fingerprint density at radius 2 is 1.94 bits per heavy atom. The van der Waals surface area contributed by atoms with Crippen molar-refractivity contribution in [1.29, 1.82) is 0 Å². The van der Waals surface area contributed by atoms with Crippen molar-refractivity contribution >= 4 is 28.3 Å². The maximum Gasteiger partial charge on any atom is 0.418 e. The van der Waals surface area contributed by atoms with Crippen LogP contribution in [0.2, 0.25) is 0 Å². The van der Waals surface area contributed by atoms with Gasteiger partial charge in [-0.1, -0.05) is 0 Å². The first-order valence-corrected chi connectivity index (χ1v) is 11.3. The zero-order chi connectivity index (χ0) is 24.5. The summed E-state index contributed by atoms with van der Waals surface area (Å²) in [6, 6.07) is 1.59. The summed E-state index contributed by atoms with van der Waals surface area (Å²) in [5.74, 6) is -2.35. The number of aromatic amines is 1. The van der Waals surface area contributed by atoms with Gasteiger partial charge in [0.15, 0.2) is 11.6 Å². The van der Waals surface area contributed by atoms with E-state index in [1.165, 1.54) is 18.5 Å². The van der Waals surface area contributed by atoms with Gasteiger partial charge in [-0.3, -0.25) is 4.79 Å². The summed E-state index contributed by atoms with van der Waals surface area (Å²) in [6.07, 6.45) is 2.27. The lowest BCUT2D eigenvalue weighted by Gasteiger charge is -2.47. The summed E-state index contributed by atoms with van der Waals surface area (Å²) in [5, 5.41) is 17.6. The summed E-state index contributed by atoms with van der Waals surface area (Å²) >= 11 is 0. The highest BCUT2D eigenvalue weighted by Crippen LogP contribution is 2.47. The largest absolute Gasteiger partial charge is 0.481 e. The highest BCUT2D eigenvalue weighted by atomic mass is 19.4. The first-order valence-electron chi connectivity index (χ1n) is 11.3. The Morgan fingerprint density at radius 1 is 1.20 bits per heavy atom. The van der Waals surface area contributed by atoms with E-state index >= 15 is 0 Å². The molecule has 0 saturated heterocycles. The molecule has 0 amide bonds. The number of rotatable bonds is 4. The van der Waals surface area contributed by atoms with Gasteiger partial charge in [0, 0.05) is 29.4 Å². The Morgan fingerprint density at radius 3 is 2.66 bits per heavy atom. The van der Waals surface area contributed by atoms with Crippen molar-refractivity contribution in [1.82, 2.24) is 24.6 Å². The van der Waals surface area contributed by atoms with E-state index < -0.39 is 35.5 Å². The number of alkyl halides is 3. The minimum atomic E-state index is -4.67. The second kappa shape index (κ2) is 7.65. The fraction of sp³-hybridized carbons (Fsp3) is 0.391. The summed E-state index contributed by atoms with van der Waals surface area (Å²) in [4.78, 5) is 23.4. The van der Waals surface area contributed by atoms with E-state index in [2.05, 4.69) is 25.4 Å². The average molecular weight is 488 g/mol. The lowest BCUT2D eigenvalue weighted by molar-refractivity contribution is -0.148. The van der Waals surface area contributed by atoms with Gasteiger partial charge in [-0.15, -0.1) is 5.10 Å². The van der Waals surface area contributed by atoms with Crippen LogP contribution >= 0.6 is 0 Å². The number of carbonyl (C=O) groups is 1. The molecule has 3 aliphatic rings. The SMILES string of the molecule is O=C(O)[C@H]1[C@H]2CC[C@H](CC2)[C@@H]1Nc1nc(-c2c[nH]c3ncc(F)cc23)nn2ccc(C(F)(F)F)c12. The summed E-state index contributed by atoms with van der Waals surface area (Å²) in [7, 11) is 0. The molecule has 4 aromatic rings. The third-order valence-electron chi connectivity index (χ3n) is 7.36. The van der Waals surface area contributed by atoms with Gasteiger partial charge in [-0.05, 0) is 49.7 Å². The molecule has 2 bridgehead atoms. The molecule has 0 unspecified atom stereocenters. The standard InChI is InChI=1S/C23H20F4N6O2/c24-12-7-13-14(9-29-19(13)28-8-12)20-31-21(18-15(23(25,26)27)5-6-33(18)32-20)30-17-11-3-1-10(2-4-11)16(17)22(34)35/h5-11,16-17H,1-4H2,(H,28,29)(H,34,35)(H,30,31,32)/t10-,11+,16-,17-/m0/s1. The summed E-state index contributed by atoms with van der Waals surface area (Å²) in [5.41, 5.74) is -0.472. The molecule has 4 heterocycles. The number of fused-ring (bicyclic) bond motifs is 5. The second-order valence-electron chi connectivity index (χ2n) is 9.27. The molecule has 4 aromatic heterocycles. The van der Waals surface area contributed by atoms with Crippen molar-refractivity contribution in [3.63, 3.8) is 0 Å². The molecule has 12 heteroatoms. The molecule has 182 valence electrons. The lowest BCUT2D eigenvalue weighted by Crippen LogP contribution is -2.51. The molecule has 3 aliphatic carbocycles. The topological polar surface area (TPSA) is 108 Å². The number of hydrogen-bond donors (Lipinski definition) is 3. The number of aliphatic carboxylic acids is 1. The number of nitrogens with one attached hydrogen (secondary N) is 2. The second-order valence-corrected chi connectivity index (χ2v) is 9.27. The third kappa shape index (κ3) is 3.50. The van der Waals surface area contributed by atoms with E-state index in [-0.39, 0.29) is 29.0 Å². The highest BCUT2D eigenvalue weighted by Gasteiger charge is 2.48. The summed E-state index contributed by atoms with van der Waals surface area (Å²) < 4.78 is 56.5. The lowest BCUT2D eigenvalue weighted by atomic mass is 9.61. The van der Waals surface area contributed by atoms with Crippen LogP contribution in [0.5, 0.6) is 0 Å². The van der Waals surface area contributed by atoms with Crippen LogP contribution in [-0.4, -0.2) is 41.7 Å². The van der Waals surface area contributed by atoms with Crippen LogP contribution in [0.25, 0.3) is 27.9 Å². The van der Waals surface area contributed by atoms with E-state index in [1.807, 2.05) is 0 Å². The van der Waals surface area contributed by atoms with Gasteiger partial charge >= 0.3 is 12.1 Å². The van der Waals surface area contributed by atoms with Crippen LogP contribution in [0.4, 0.5) is 23.4 Å². The molecular weight excluding hydrogens is 468 g/mol. The minimum Gasteiger partial charge on any atom is -0.481 e. The molecule has 0 aromatic carbocycles. The predicted octanol–water partition coefficient (Wildman–Crippen LogP) is 4.73. The van der Waals surface area contributed by atoms with Crippen molar-refractivity contribution in [2.45, 2.75) is 37.9 Å². The van der Waals surface area contributed by atoms with Gasteiger partial charge in [-0.25, -0.2) is 18.9 Å². The molecule has 3 N–H and O–H groups in total. The van der Waals surface area contributed by atoms with E-state index in [4.69, 9.17) is 0 Å². The Bertz CT molecular complexity index is 1450. The van der Waals surface area contributed by atoms with Gasteiger partial charge in [-0.2, -0.15) is 13.2 Å². The van der Waals surface area contributed by atoms with Crippen molar-refractivity contribution in [2.24, 2.45) is 17.8 Å². The number of carboxylic acids is 1. The molecule has 3 fully saturated rings. The maximum absolute atomic E-state index is 13.9. The Labute approximate surface area is 195 Å². The number of halogens is 4. The molecule has 7 rings (SSSR count). The first kappa shape index (κ1) is 21.8. The van der Waals surface area contributed by atoms with Crippen LogP contribution in [0.1, 0.15) is 31.2 Å². The first-order chi connectivity index (χ1) is 16.7. The van der Waals surface area contributed by atoms with Crippen LogP contribution in [0.15, 0.2) is 30.7 Å². The molecule has 35 heavy (non-hydrogen) atoms. The smallest absolute Gasteiger partial charge is 0.418 e. The average Bonchev–Trinajstić information content (AvgIpc) is 3.43. The Balaban J connectivity index is 1.53. The highest BCUT2D eigenvalue weighted by molar-refractivity contribution is 5.92.